The molecule has 0 aromatic carbocycles. The van der Waals surface area contributed by atoms with E-state index < -0.39 is 5.60 Å². The number of ether oxygens (including phenoxy) is 1. The number of methoxy groups -OCH3 is 1. The minimum atomic E-state index is -0.755. The monoisotopic (exact) mass is 255 g/mol. The van der Waals surface area contributed by atoms with Gasteiger partial charge >= 0.3 is 0 Å². The second-order valence-electron chi connectivity index (χ2n) is 4.68. The quantitative estimate of drug-likeness (QED) is 0.875. The van der Waals surface area contributed by atoms with Crippen molar-refractivity contribution in [2.75, 3.05) is 20.2 Å². The van der Waals surface area contributed by atoms with E-state index >= 15 is 0 Å². The number of thiophene rings is 1. The molecular weight excluding hydrogens is 238 g/mol. The van der Waals surface area contributed by atoms with Crippen molar-refractivity contribution < 1.29 is 14.6 Å². The van der Waals surface area contributed by atoms with Gasteiger partial charge in [-0.3, -0.25) is 4.79 Å². The van der Waals surface area contributed by atoms with Crippen LogP contribution in [0.4, 0.5) is 0 Å². The summed E-state index contributed by atoms with van der Waals surface area (Å²) in [6, 6.07) is 1.75. The molecule has 1 aliphatic rings. The van der Waals surface area contributed by atoms with Crippen LogP contribution in [0.25, 0.3) is 0 Å². The number of amides is 1. The zero-order valence-corrected chi connectivity index (χ0v) is 10.9. The SMILES string of the molecule is COc1csc(C(=O)N2CCCC(C)(O)C2)c1. The Kier molecular flexibility index (Phi) is 3.40. The summed E-state index contributed by atoms with van der Waals surface area (Å²) in [5.74, 6) is 0.695. The number of β-amino-alcohol motifs (C(OH)–C–C–N with tert-alkyl or cyclic N) is 1. The van der Waals surface area contributed by atoms with Crippen LogP contribution in [0.2, 0.25) is 0 Å². The van der Waals surface area contributed by atoms with Crippen LogP contribution < -0.4 is 4.74 Å². The number of hydrogen-bond donors (Lipinski definition) is 1. The number of aliphatic hydroxyl groups is 1. The molecule has 0 radical (unpaired) electrons. The van der Waals surface area contributed by atoms with Gasteiger partial charge in [-0.1, -0.05) is 0 Å². The van der Waals surface area contributed by atoms with E-state index in [0.717, 1.165) is 19.4 Å². The Hall–Kier alpha value is -1.07. The van der Waals surface area contributed by atoms with Crippen LogP contribution in [0.5, 0.6) is 5.75 Å². The first-order valence-electron chi connectivity index (χ1n) is 5.66. The van der Waals surface area contributed by atoms with Crippen molar-refractivity contribution in [1.29, 1.82) is 0 Å². The molecular formula is C12H17NO3S. The summed E-state index contributed by atoms with van der Waals surface area (Å²) in [4.78, 5) is 14.6. The summed E-state index contributed by atoms with van der Waals surface area (Å²) < 4.78 is 5.06. The highest BCUT2D eigenvalue weighted by Gasteiger charge is 2.31. The van der Waals surface area contributed by atoms with Gasteiger partial charge in [-0.2, -0.15) is 0 Å². The van der Waals surface area contributed by atoms with Crippen molar-refractivity contribution in [3.05, 3.63) is 16.3 Å². The topological polar surface area (TPSA) is 49.8 Å². The third-order valence-corrected chi connectivity index (χ3v) is 3.88. The molecule has 1 fully saturated rings. The Morgan fingerprint density at radius 2 is 2.41 bits per heavy atom. The van der Waals surface area contributed by atoms with Crippen LogP contribution in [-0.4, -0.2) is 41.7 Å². The zero-order chi connectivity index (χ0) is 12.5. The lowest BCUT2D eigenvalue weighted by atomic mass is 9.95. The van der Waals surface area contributed by atoms with Crippen LogP contribution in [0.1, 0.15) is 29.4 Å². The number of rotatable bonds is 2. The molecule has 1 aromatic heterocycles. The predicted molar refractivity (Wildman–Crippen MR) is 66.6 cm³/mol. The van der Waals surface area contributed by atoms with Crippen LogP contribution in [0.15, 0.2) is 11.4 Å². The lowest BCUT2D eigenvalue weighted by molar-refractivity contribution is -0.0105. The molecule has 17 heavy (non-hydrogen) atoms. The summed E-state index contributed by atoms with van der Waals surface area (Å²) in [6.07, 6.45) is 1.60. The molecule has 1 saturated heterocycles. The zero-order valence-electron chi connectivity index (χ0n) is 10.1. The molecule has 0 saturated carbocycles. The van der Waals surface area contributed by atoms with Gasteiger partial charge in [0.1, 0.15) is 5.75 Å². The smallest absolute Gasteiger partial charge is 0.264 e. The van der Waals surface area contributed by atoms with Gasteiger partial charge in [0.15, 0.2) is 0 Å². The fourth-order valence-corrected chi connectivity index (χ4v) is 2.91. The standard InChI is InChI=1S/C12H17NO3S/c1-12(15)4-3-5-13(8-12)11(14)10-6-9(16-2)7-17-10/h6-7,15H,3-5,8H2,1-2H3. The maximum atomic E-state index is 12.2. The van der Waals surface area contributed by atoms with E-state index in [2.05, 4.69) is 0 Å². The maximum absolute atomic E-state index is 12.2. The summed E-state index contributed by atoms with van der Waals surface area (Å²) in [5.41, 5.74) is -0.755. The summed E-state index contributed by atoms with van der Waals surface area (Å²) in [6.45, 7) is 2.91. The van der Waals surface area contributed by atoms with Gasteiger partial charge in [0.05, 0.1) is 17.6 Å². The average molecular weight is 255 g/mol. The molecule has 5 heteroatoms. The van der Waals surface area contributed by atoms with Crippen molar-refractivity contribution >= 4 is 17.2 Å². The summed E-state index contributed by atoms with van der Waals surface area (Å²) >= 11 is 1.38. The van der Waals surface area contributed by atoms with Gasteiger partial charge in [-0.15, -0.1) is 11.3 Å². The van der Waals surface area contributed by atoms with Gasteiger partial charge in [-0.25, -0.2) is 0 Å². The fraction of sp³-hybridized carbons (Fsp3) is 0.583. The molecule has 2 rings (SSSR count). The molecule has 1 atom stereocenters. The number of nitrogens with zero attached hydrogens (tertiary/aromatic N) is 1. The largest absolute Gasteiger partial charge is 0.496 e. The normalized spacial score (nSPS) is 24.8. The molecule has 1 aromatic rings. The number of piperidine rings is 1. The average Bonchev–Trinajstić information content (AvgIpc) is 2.75. The van der Waals surface area contributed by atoms with Crippen molar-refractivity contribution in [1.82, 2.24) is 4.90 Å². The lowest BCUT2D eigenvalue weighted by Gasteiger charge is -2.36. The molecule has 4 nitrogen and oxygen atoms in total. The Morgan fingerprint density at radius 1 is 1.65 bits per heavy atom. The Morgan fingerprint density at radius 3 is 3.00 bits per heavy atom. The third kappa shape index (κ3) is 2.79. The number of carbonyl (C=O) groups excluding carboxylic acids is 1. The second-order valence-corrected chi connectivity index (χ2v) is 5.59. The minimum absolute atomic E-state index is 0.0155. The predicted octanol–water partition coefficient (Wildman–Crippen LogP) is 1.74. The van der Waals surface area contributed by atoms with Crippen LogP contribution >= 0.6 is 11.3 Å². The first kappa shape index (κ1) is 12.4. The number of hydrogen-bond acceptors (Lipinski definition) is 4. The molecule has 1 aliphatic heterocycles. The van der Waals surface area contributed by atoms with E-state index in [1.54, 1.807) is 25.0 Å². The second kappa shape index (κ2) is 4.66. The van der Waals surface area contributed by atoms with Crippen molar-refractivity contribution in [2.45, 2.75) is 25.4 Å². The van der Waals surface area contributed by atoms with E-state index in [-0.39, 0.29) is 5.91 Å². The van der Waals surface area contributed by atoms with Crippen molar-refractivity contribution in [2.24, 2.45) is 0 Å². The Bertz CT molecular complexity index is 414. The van der Waals surface area contributed by atoms with Crippen molar-refractivity contribution in [3.63, 3.8) is 0 Å². The highest BCUT2D eigenvalue weighted by atomic mass is 32.1. The molecule has 1 unspecified atom stereocenters. The highest BCUT2D eigenvalue weighted by Crippen LogP contribution is 2.26. The van der Waals surface area contributed by atoms with Gasteiger partial charge in [0.2, 0.25) is 0 Å². The Labute approximate surface area is 105 Å². The molecule has 0 aliphatic carbocycles. The lowest BCUT2D eigenvalue weighted by Crippen LogP contribution is -2.48. The maximum Gasteiger partial charge on any atom is 0.264 e. The molecule has 1 amide bonds. The molecule has 0 bridgehead atoms. The van der Waals surface area contributed by atoms with Gasteiger partial charge in [0.25, 0.3) is 5.91 Å². The molecule has 0 spiro atoms. The summed E-state index contributed by atoms with van der Waals surface area (Å²) in [7, 11) is 1.59. The van der Waals surface area contributed by atoms with E-state index in [9.17, 15) is 9.90 Å². The third-order valence-electron chi connectivity index (χ3n) is 2.98. The van der Waals surface area contributed by atoms with Crippen LogP contribution in [0, 0.1) is 0 Å². The van der Waals surface area contributed by atoms with Gasteiger partial charge in [-0.05, 0) is 19.8 Å². The van der Waals surface area contributed by atoms with Crippen molar-refractivity contribution in [3.8, 4) is 5.75 Å². The van der Waals surface area contributed by atoms with E-state index in [1.165, 1.54) is 11.3 Å². The molecule has 2 heterocycles. The van der Waals surface area contributed by atoms with E-state index in [4.69, 9.17) is 4.74 Å². The highest BCUT2D eigenvalue weighted by molar-refractivity contribution is 7.12. The first-order valence-corrected chi connectivity index (χ1v) is 6.54. The minimum Gasteiger partial charge on any atom is -0.496 e. The summed E-state index contributed by atoms with van der Waals surface area (Å²) in [5, 5.41) is 11.8. The van der Waals surface area contributed by atoms with Gasteiger partial charge in [0, 0.05) is 24.5 Å². The van der Waals surface area contributed by atoms with E-state index in [1.807, 2.05) is 5.38 Å². The van der Waals surface area contributed by atoms with Gasteiger partial charge < -0.3 is 14.7 Å². The van der Waals surface area contributed by atoms with Crippen LogP contribution in [-0.2, 0) is 0 Å². The number of likely N-dealkylation sites (tertiary alicyclic amines) is 1. The van der Waals surface area contributed by atoms with Crippen LogP contribution in [0.3, 0.4) is 0 Å². The number of carbonyl (C=O) groups is 1. The first-order chi connectivity index (χ1) is 8.02. The fourth-order valence-electron chi connectivity index (χ4n) is 2.09. The molecule has 94 valence electrons. The van der Waals surface area contributed by atoms with E-state index in [0.29, 0.717) is 17.2 Å². The molecule has 1 N–H and O–H groups in total. The Balaban J connectivity index is 2.09.